The highest BCUT2D eigenvalue weighted by Crippen LogP contribution is 2.45. The lowest BCUT2D eigenvalue weighted by Crippen LogP contribution is -2.59. The molecule has 6 nitrogen and oxygen atoms in total. The number of likely N-dealkylation sites (tertiary alicyclic amines) is 1. The van der Waals surface area contributed by atoms with Gasteiger partial charge in [-0.05, 0) is 67.2 Å². The Morgan fingerprint density at radius 2 is 2.03 bits per heavy atom. The van der Waals surface area contributed by atoms with Crippen LogP contribution in [0.3, 0.4) is 0 Å². The Morgan fingerprint density at radius 3 is 2.70 bits per heavy atom. The molecule has 0 N–H and O–H groups in total. The lowest BCUT2D eigenvalue weighted by Gasteiger charge is -2.47. The Morgan fingerprint density at radius 1 is 1.24 bits per heavy atom. The first kappa shape index (κ1) is 23.6. The van der Waals surface area contributed by atoms with E-state index in [1.165, 1.54) is 28.7 Å². The Bertz CT molecular complexity index is 1490. The van der Waals surface area contributed by atoms with E-state index < -0.39 is 0 Å². The van der Waals surface area contributed by atoms with Crippen LogP contribution in [0.4, 0.5) is 10.2 Å². The second-order valence-electron chi connectivity index (χ2n) is 10.2. The molecule has 37 heavy (non-hydrogen) atoms. The predicted molar refractivity (Wildman–Crippen MR) is 143 cm³/mol. The smallest absolute Gasteiger partial charge is 0.245 e. The van der Waals surface area contributed by atoms with Crippen molar-refractivity contribution >= 4 is 34.7 Å². The van der Waals surface area contributed by atoms with Gasteiger partial charge < -0.3 is 9.80 Å². The Hall–Kier alpha value is -3.83. The first-order chi connectivity index (χ1) is 17.9. The molecule has 8 heteroatoms. The number of halogens is 1. The van der Waals surface area contributed by atoms with Crippen molar-refractivity contribution in [3.05, 3.63) is 75.6 Å². The molecule has 0 bridgehead atoms. The molecule has 2 saturated heterocycles. The summed E-state index contributed by atoms with van der Waals surface area (Å²) in [7, 11) is 0. The molecule has 1 amide bonds. The van der Waals surface area contributed by atoms with Crippen molar-refractivity contribution in [2.45, 2.75) is 26.2 Å². The van der Waals surface area contributed by atoms with Gasteiger partial charge in [0.25, 0.3) is 0 Å². The van der Waals surface area contributed by atoms with Crippen LogP contribution in [0.5, 0.6) is 0 Å². The molecule has 0 saturated carbocycles. The molecule has 3 aromatic rings. The average molecular weight is 512 g/mol. The van der Waals surface area contributed by atoms with Crippen LogP contribution >= 0.6 is 11.3 Å². The fraction of sp³-hybridized carbons (Fsp3) is 0.310. The number of allylic oxidation sites excluding steroid dienone is 1. The summed E-state index contributed by atoms with van der Waals surface area (Å²) in [5, 5.41) is 10.4. The van der Waals surface area contributed by atoms with E-state index in [4.69, 9.17) is 4.98 Å². The number of carbonyl (C=O) groups is 1. The number of fused-ring (bicyclic) bond motifs is 1. The Balaban J connectivity index is 1.45. The van der Waals surface area contributed by atoms with Crippen molar-refractivity contribution in [2.75, 3.05) is 31.1 Å². The average Bonchev–Trinajstić information content (AvgIpc) is 3.53. The normalized spacial score (nSPS) is 17.7. The largest absolute Gasteiger partial charge is 0.355 e. The number of thiazole rings is 1. The summed E-state index contributed by atoms with van der Waals surface area (Å²) in [6.45, 7) is 8.52. The molecule has 6 rings (SSSR count). The summed E-state index contributed by atoms with van der Waals surface area (Å²) >= 11 is 1.63. The van der Waals surface area contributed by atoms with Crippen molar-refractivity contribution in [3.63, 3.8) is 0 Å². The fourth-order valence-electron chi connectivity index (χ4n) is 5.98. The maximum Gasteiger partial charge on any atom is 0.245 e. The molecule has 4 heterocycles. The molecule has 0 atom stereocenters. The number of pyridine rings is 1. The number of aromatic nitrogens is 2. The van der Waals surface area contributed by atoms with Gasteiger partial charge in [0.15, 0.2) is 0 Å². The molecule has 1 aromatic carbocycles. The predicted octanol–water partition coefficient (Wildman–Crippen LogP) is 5.24. The van der Waals surface area contributed by atoms with Crippen LogP contribution in [0.15, 0.2) is 42.4 Å². The van der Waals surface area contributed by atoms with E-state index in [1.807, 2.05) is 17.3 Å². The van der Waals surface area contributed by atoms with Crippen LogP contribution in [0.1, 0.15) is 40.2 Å². The molecule has 2 aromatic heterocycles. The minimum absolute atomic E-state index is 0.0137. The molecule has 0 unspecified atom stereocenters. The first-order valence-electron chi connectivity index (χ1n) is 12.4. The zero-order chi connectivity index (χ0) is 25.7. The van der Waals surface area contributed by atoms with E-state index in [9.17, 15) is 14.4 Å². The maximum atomic E-state index is 13.8. The summed E-state index contributed by atoms with van der Waals surface area (Å²) in [5.74, 6) is 0.325. The number of anilines is 1. The zero-order valence-electron chi connectivity index (χ0n) is 20.6. The minimum Gasteiger partial charge on any atom is -0.355 e. The number of carbonyl (C=O) groups excluding carboxylic acids is 1. The van der Waals surface area contributed by atoms with Crippen LogP contribution in [0, 0.1) is 29.5 Å². The van der Waals surface area contributed by atoms with Crippen molar-refractivity contribution in [1.82, 2.24) is 14.9 Å². The number of aryl methyl sites for hydroxylation is 1. The van der Waals surface area contributed by atoms with E-state index in [1.54, 1.807) is 23.5 Å². The number of nitriles is 1. The third-order valence-corrected chi connectivity index (χ3v) is 8.83. The highest BCUT2D eigenvalue weighted by atomic mass is 32.1. The van der Waals surface area contributed by atoms with Crippen molar-refractivity contribution in [2.24, 2.45) is 5.41 Å². The van der Waals surface area contributed by atoms with E-state index in [0.717, 1.165) is 60.4 Å². The lowest BCUT2D eigenvalue weighted by molar-refractivity contribution is -0.136. The van der Waals surface area contributed by atoms with Gasteiger partial charge in [-0.25, -0.2) is 14.4 Å². The van der Waals surface area contributed by atoms with Gasteiger partial charge in [0.2, 0.25) is 5.91 Å². The number of rotatable bonds is 4. The number of amides is 1. The van der Waals surface area contributed by atoms with Gasteiger partial charge in [0, 0.05) is 37.2 Å². The monoisotopic (exact) mass is 511 g/mol. The fourth-order valence-corrected chi connectivity index (χ4v) is 6.83. The minimum atomic E-state index is -0.307. The molecule has 186 valence electrons. The molecule has 0 radical (unpaired) electrons. The van der Waals surface area contributed by atoms with Gasteiger partial charge in [-0.1, -0.05) is 18.7 Å². The van der Waals surface area contributed by atoms with Crippen LogP contribution in [0.25, 0.3) is 22.8 Å². The number of nitrogens with zero attached hydrogens (tertiary/aromatic N) is 5. The maximum absolute atomic E-state index is 13.8. The second-order valence-corrected chi connectivity index (χ2v) is 11.0. The van der Waals surface area contributed by atoms with Crippen LogP contribution in [-0.2, 0) is 11.2 Å². The molecule has 3 aliphatic rings. The van der Waals surface area contributed by atoms with Gasteiger partial charge in [0.05, 0.1) is 21.8 Å². The molecular weight excluding hydrogens is 485 g/mol. The van der Waals surface area contributed by atoms with Gasteiger partial charge in [-0.15, -0.1) is 11.3 Å². The quantitative estimate of drug-likeness (QED) is 0.448. The van der Waals surface area contributed by atoms with E-state index >= 15 is 0 Å². The number of hydrogen-bond acceptors (Lipinski definition) is 6. The molecule has 1 aliphatic carbocycles. The van der Waals surface area contributed by atoms with Gasteiger partial charge in [0.1, 0.15) is 23.3 Å². The third-order valence-electron chi connectivity index (χ3n) is 7.82. The van der Waals surface area contributed by atoms with Crippen LogP contribution < -0.4 is 4.90 Å². The zero-order valence-corrected chi connectivity index (χ0v) is 21.4. The SMILES string of the molecule is C=CC(=O)N1CC2(CCN(c3nc4c(c(-c5ccc(F)cc5)c3C#N)CCC(c3scnc3C)=C4)C2)C1. The molecule has 1 spiro atoms. The van der Waals surface area contributed by atoms with Crippen LogP contribution in [0.2, 0.25) is 0 Å². The summed E-state index contributed by atoms with van der Waals surface area (Å²) in [6.07, 6.45) is 6.01. The van der Waals surface area contributed by atoms with E-state index in [2.05, 4.69) is 28.6 Å². The third kappa shape index (κ3) is 3.94. The Kier molecular flexibility index (Phi) is 5.68. The highest BCUT2D eigenvalue weighted by molar-refractivity contribution is 7.11. The van der Waals surface area contributed by atoms with Crippen molar-refractivity contribution in [3.8, 4) is 17.2 Å². The summed E-state index contributed by atoms with van der Waals surface area (Å²) in [6, 6.07) is 8.83. The van der Waals surface area contributed by atoms with Crippen molar-refractivity contribution in [1.29, 1.82) is 5.26 Å². The second kappa shape index (κ2) is 8.93. The van der Waals surface area contributed by atoms with Crippen LogP contribution in [-0.4, -0.2) is 47.0 Å². The Labute approximate surface area is 219 Å². The summed E-state index contributed by atoms with van der Waals surface area (Å²) < 4.78 is 13.8. The standard InChI is InChI=1S/C29H26FN5OS/c1-3-25(36)35-15-29(16-35)10-11-34(14-29)28-23(13-31)26(19-4-7-21(30)8-5-19)22-9-6-20(12-24(22)33-28)27-18(2)32-17-37-27/h3-5,7-8,12,17H,1,6,9-11,14-16H2,2H3. The van der Waals surface area contributed by atoms with Gasteiger partial charge in [-0.2, -0.15) is 5.26 Å². The molecule has 2 aliphatic heterocycles. The number of benzene rings is 1. The lowest BCUT2D eigenvalue weighted by atomic mass is 9.79. The highest BCUT2D eigenvalue weighted by Gasteiger charge is 2.49. The summed E-state index contributed by atoms with van der Waals surface area (Å²) in [5.41, 5.74) is 8.19. The first-order valence-corrected chi connectivity index (χ1v) is 13.3. The molecule has 2 fully saturated rings. The molecular formula is C29H26FN5OS. The number of hydrogen-bond donors (Lipinski definition) is 0. The van der Waals surface area contributed by atoms with Gasteiger partial charge in [-0.3, -0.25) is 4.79 Å². The van der Waals surface area contributed by atoms with Gasteiger partial charge >= 0.3 is 0 Å². The summed E-state index contributed by atoms with van der Waals surface area (Å²) in [4.78, 5) is 26.7. The van der Waals surface area contributed by atoms with E-state index in [-0.39, 0.29) is 17.1 Å². The van der Waals surface area contributed by atoms with E-state index in [0.29, 0.717) is 24.5 Å². The topological polar surface area (TPSA) is 73.1 Å². The van der Waals surface area contributed by atoms with Crippen molar-refractivity contribution < 1.29 is 9.18 Å².